The predicted octanol–water partition coefficient (Wildman–Crippen LogP) is 3.84. The van der Waals surface area contributed by atoms with Crippen LogP contribution in [0, 0.1) is 18.6 Å². The molecule has 12 heteroatoms. The van der Waals surface area contributed by atoms with Crippen LogP contribution in [0.15, 0.2) is 41.7 Å². The molecule has 4 heterocycles. The summed E-state index contributed by atoms with van der Waals surface area (Å²) in [7, 11) is 1.79. The highest BCUT2D eigenvalue weighted by atomic mass is 19.1. The molecule has 4 aromatic rings. The van der Waals surface area contributed by atoms with Crippen molar-refractivity contribution in [1.82, 2.24) is 19.7 Å². The topological polar surface area (TPSA) is 110 Å². The van der Waals surface area contributed by atoms with E-state index in [0.717, 1.165) is 23.5 Å². The first-order chi connectivity index (χ1) is 16.8. The number of nitrogens with one attached hydrogen (secondary N) is 2. The molecular formula is C23H21F3N6O3. The number of ether oxygens (including phenoxy) is 2. The molecule has 1 atom stereocenters. The summed E-state index contributed by atoms with van der Waals surface area (Å²) >= 11 is 0. The lowest BCUT2D eigenvalue weighted by Crippen LogP contribution is -2.43. The molecule has 0 saturated heterocycles. The highest BCUT2D eigenvalue weighted by Crippen LogP contribution is 2.38. The Kier molecular flexibility index (Phi) is 5.59. The SMILES string of the molecule is Cc1cc(-c2c[nH]c3nccc(Oc4c(F)cc(NC5=NC[C@@](F)(CO)CO5)cc4F)c23)n(C)n1. The fourth-order valence-electron chi connectivity index (χ4n) is 3.81. The molecule has 1 aliphatic heterocycles. The lowest BCUT2D eigenvalue weighted by atomic mass is 10.1. The van der Waals surface area contributed by atoms with Gasteiger partial charge in [-0.05, 0) is 19.1 Å². The van der Waals surface area contributed by atoms with Gasteiger partial charge in [-0.2, -0.15) is 5.10 Å². The number of nitrogens with zero attached hydrogens (tertiary/aromatic N) is 4. The number of fused-ring (bicyclic) bond motifs is 1. The van der Waals surface area contributed by atoms with Crippen LogP contribution in [0.25, 0.3) is 22.3 Å². The zero-order valence-corrected chi connectivity index (χ0v) is 18.8. The Bertz CT molecular complexity index is 1430. The molecule has 0 fully saturated rings. The largest absolute Gasteiger partial charge is 0.461 e. The number of benzene rings is 1. The maximum absolute atomic E-state index is 14.9. The minimum absolute atomic E-state index is 0.00553. The van der Waals surface area contributed by atoms with Gasteiger partial charge in [0, 0.05) is 42.8 Å². The summed E-state index contributed by atoms with van der Waals surface area (Å²) < 4.78 is 56.4. The molecule has 0 spiro atoms. The number of aromatic nitrogens is 4. The quantitative estimate of drug-likeness (QED) is 0.396. The van der Waals surface area contributed by atoms with Crippen molar-refractivity contribution in [2.75, 3.05) is 25.1 Å². The second-order valence-electron chi connectivity index (χ2n) is 8.24. The molecule has 0 unspecified atom stereocenters. The third kappa shape index (κ3) is 4.28. The van der Waals surface area contributed by atoms with Gasteiger partial charge < -0.3 is 24.9 Å². The van der Waals surface area contributed by atoms with Crippen LogP contribution in [0.2, 0.25) is 0 Å². The second-order valence-corrected chi connectivity index (χ2v) is 8.24. The van der Waals surface area contributed by atoms with E-state index in [1.165, 1.54) is 12.3 Å². The lowest BCUT2D eigenvalue weighted by molar-refractivity contribution is 0.0181. The van der Waals surface area contributed by atoms with Gasteiger partial charge in [-0.3, -0.25) is 4.68 Å². The lowest BCUT2D eigenvalue weighted by Gasteiger charge is -2.26. The van der Waals surface area contributed by atoms with Crippen molar-refractivity contribution in [3.8, 4) is 22.8 Å². The van der Waals surface area contributed by atoms with Gasteiger partial charge in [-0.25, -0.2) is 23.1 Å². The van der Waals surface area contributed by atoms with E-state index in [1.807, 2.05) is 13.0 Å². The number of hydrogen-bond donors (Lipinski definition) is 3. The number of pyridine rings is 1. The van der Waals surface area contributed by atoms with Gasteiger partial charge in [-0.15, -0.1) is 0 Å². The number of aliphatic hydroxyl groups is 1. The molecule has 3 aromatic heterocycles. The Labute approximate surface area is 197 Å². The van der Waals surface area contributed by atoms with E-state index in [9.17, 15) is 13.2 Å². The standard InChI is InChI=1S/C23H21F3N6O3/c1-12-5-17(32(2)31-12)14-8-28-21-19(14)18(3-4-27-21)35-20-15(24)6-13(7-16(20)25)30-22-29-9-23(26,10-33)11-34-22/h3-8,33H,9-11H2,1-2H3,(H,27,28)(H,29,30)/t23-/m1/s1. The molecule has 1 aromatic carbocycles. The third-order valence-corrected chi connectivity index (χ3v) is 5.53. The number of amidine groups is 1. The van der Waals surface area contributed by atoms with Crippen LogP contribution in [-0.4, -0.2) is 56.3 Å². The van der Waals surface area contributed by atoms with Crippen molar-refractivity contribution in [3.63, 3.8) is 0 Å². The Morgan fingerprint density at radius 3 is 2.69 bits per heavy atom. The van der Waals surface area contributed by atoms with Crippen molar-refractivity contribution < 1.29 is 27.8 Å². The number of alkyl halides is 1. The second kappa shape index (κ2) is 8.62. The van der Waals surface area contributed by atoms with E-state index < -0.39 is 36.3 Å². The average Bonchev–Trinajstić information content (AvgIpc) is 3.40. The van der Waals surface area contributed by atoms with Gasteiger partial charge in [0.25, 0.3) is 6.02 Å². The first-order valence-electron chi connectivity index (χ1n) is 10.6. The predicted molar refractivity (Wildman–Crippen MR) is 122 cm³/mol. The van der Waals surface area contributed by atoms with Gasteiger partial charge in [0.2, 0.25) is 0 Å². The Balaban J connectivity index is 1.45. The molecule has 182 valence electrons. The first kappa shape index (κ1) is 22.7. The number of aliphatic imine (C=N–C) groups is 1. The van der Waals surface area contributed by atoms with Crippen molar-refractivity contribution in [1.29, 1.82) is 0 Å². The van der Waals surface area contributed by atoms with Crippen LogP contribution in [0.1, 0.15) is 5.69 Å². The van der Waals surface area contributed by atoms with Crippen LogP contribution in [-0.2, 0) is 11.8 Å². The van der Waals surface area contributed by atoms with E-state index in [-0.39, 0.29) is 24.0 Å². The van der Waals surface area contributed by atoms with Crippen molar-refractivity contribution in [2.24, 2.45) is 12.0 Å². The zero-order valence-electron chi connectivity index (χ0n) is 18.8. The molecule has 0 saturated carbocycles. The maximum Gasteiger partial charge on any atom is 0.289 e. The fourth-order valence-corrected chi connectivity index (χ4v) is 3.81. The van der Waals surface area contributed by atoms with E-state index >= 15 is 0 Å². The summed E-state index contributed by atoms with van der Waals surface area (Å²) in [6, 6.07) is 5.30. The first-order valence-corrected chi connectivity index (χ1v) is 10.6. The maximum atomic E-state index is 14.9. The number of hydrogen-bond acceptors (Lipinski definition) is 7. The monoisotopic (exact) mass is 486 g/mol. The Hall–Kier alpha value is -4.06. The number of rotatable bonds is 5. The number of aliphatic hydroxyl groups excluding tert-OH is 1. The molecule has 0 bridgehead atoms. The molecular weight excluding hydrogens is 465 g/mol. The van der Waals surface area contributed by atoms with E-state index in [2.05, 4.69) is 25.4 Å². The molecule has 3 N–H and O–H groups in total. The molecule has 35 heavy (non-hydrogen) atoms. The van der Waals surface area contributed by atoms with E-state index in [0.29, 0.717) is 16.6 Å². The molecule has 0 amide bonds. The highest BCUT2D eigenvalue weighted by molar-refractivity contribution is 5.97. The summed E-state index contributed by atoms with van der Waals surface area (Å²) in [6.07, 6.45) is 3.20. The number of halogens is 3. The Morgan fingerprint density at radius 1 is 1.29 bits per heavy atom. The van der Waals surface area contributed by atoms with Crippen LogP contribution in [0.5, 0.6) is 11.5 Å². The minimum Gasteiger partial charge on any atom is -0.461 e. The summed E-state index contributed by atoms with van der Waals surface area (Å²) in [5.41, 5.74) is 0.788. The molecule has 0 aliphatic carbocycles. The number of H-pyrrole nitrogens is 1. The third-order valence-electron chi connectivity index (χ3n) is 5.53. The van der Waals surface area contributed by atoms with Crippen LogP contribution in [0.3, 0.4) is 0 Å². The van der Waals surface area contributed by atoms with Gasteiger partial charge in [0.1, 0.15) is 18.0 Å². The minimum atomic E-state index is -1.99. The highest BCUT2D eigenvalue weighted by Gasteiger charge is 2.34. The number of aromatic amines is 1. The van der Waals surface area contributed by atoms with E-state index in [4.69, 9.17) is 14.6 Å². The summed E-state index contributed by atoms with van der Waals surface area (Å²) in [6.45, 7) is 0.337. The van der Waals surface area contributed by atoms with Crippen LogP contribution in [0.4, 0.5) is 18.9 Å². The summed E-state index contributed by atoms with van der Waals surface area (Å²) in [5.74, 6) is -2.35. The molecule has 1 aliphatic rings. The van der Waals surface area contributed by atoms with Gasteiger partial charge in [0.05, 0.1) is 29.9 Å². The van der Waals surface area contributed by atoms with Crippen LogP contribution < -0.4 is 10.1 Å². The molecule has 5 rings (SSSR count). The Morgan fingerprint density at radius 2 is 2.06 bits per heavy atom. The summed E-state index contributed by atoms with van der Waals surface area (Å²) in [5, 5.41) is 16.5. The normalized spacial score (nSPS) is 17.8. The van der Waals surface area contributed by atoms with Gasteiger partial charge in [-0.1, -0.05) is 0 Å². The molecule has 0 radical (unpaired) electrons. The van der Waals surface area contributed by atoms with Gasteiger partial charge in [0.15, 0.2) is 23.1 Å². The van der Waals surface area contributed by atoms with Gasteiger partial charge >= 0.3 is 0 Å². The number of aryl methyl sites for hydroxylation is 2. The fraction of sp³-hybridized carbons (Fsp3) is 0.261. The zero-order chi connectivity index (χ0) is 24.7. The van der Waals surface area contributed by atoms with Crippen molar-refractivity contribution in [3.05, 3.63) is 54.0 Å². The van der Waals surface area contributed by atoms with Crippen molar-refractivity contribution in [2.45, 2.75) is 12.6 Å². The van der Waals surface area contributed by atoms with Crippen molar-refractivity contribution >= 4 is 22.7 Å². The average molecular weight is 486 g/mol. The molecule has 9 nitrogen and oxygen atoms in total. The summed E-state index contributed by atoms with van der Waals surface area (Å²) in [4.78, 5) is 11.1. The number of anilines is 1. The smallest absolute Gasteiger partial charge is 0.289 e. The van der Waals surface area contributed by atoms with E-state index in [1.54, 1.807) is 17.9 Å². The van der Waals surface area contributed by atoms with Crippen LogP contribution >= 0.6 is 0 Å².